The number of methoxy groups -OCH3 is 2. The molecule has 1 N–H and O–H groups in total. The van der Waals surface area contributed by atoms with Gasteiger partial charge in [0.05, 0.1) is 19.8 Å². The van der Waals surface area contributed by atoms with Gasteiger partial charge in [0.25, 0.3) is 5.91 Å². The topological polar surface area (TPSA) is 50.8 Å². The van der Waals surface area contributed by atoms with Crippen LogP contribution in [0, 0.1) is 3.57 Å². The summed E-state index contributed by atoms with van der Waals surface area (Å²) in [5, 5.41) is 2.96. The van der Waals surface area contributed by atoms with E-state index in [0.717, 1.165) is 22.3 Å². The average Bonchev–Trinajstić information content (AvgIpc) is 2.68. The van der Waals surface area contributed by atoms with E-state index in [1.807, 2.05) is 12.1 Å². The summed E-state index contributed by atoms with van der Waals surface area (Å²) in [6.45, 7) is 2.21. The average molecular weight is 466 g/mol. The van der Waals surface area contributed by atoms with Crippen molar-refractivity contribution in [3.8, 4) is 11.5 Å². The molecule has 1 saturated heterocycles. The van der Waals surface area contributed by atoms with Gasteiger partial charge in [0.2, 0.25) is 0 Å². The molecule has 0 radical (unpaired) electrons. The molecule has 1 aliphatic rings. The Labute approximate surface area is 167 Å². The SMILES string of the molecule is COc1cc(I)c(C(=O)Nc2ccc(N3CCCCC3)cc2)cc1OC. The Morgan fingerprint density at radius 1 is 1.00 bits per heavy atom. The van der Waals surface area contributed by atoms with Gasteiger partial charge in [-0.1, -0.05) is 0 Å². The minimum Gasteiger partial charge on any atom is -0.493 e. The van der Waals surface area contributed by atoms with Crippen LogP contribution in [0.2, 0.25) is 0 Å². The van der Waals surface area contributed by atoms with E-state index in [2.05, 4.69) is 44.9 Å². The smallest absolute Gasteiger partial charge is 0.256 e. The molecule has 26 heavy (non-hydrogen) atoms. The van der Waals surface area contributed by atoms with E-state index >= 15 is 0 Å². The van der Waals surface area contributed by atoms with Gasteiger partial charge in [-0.05, 0) is 78.3 Å². The molecule has 0 bridgehead atoms. The summed E-state index contributed by atoms with van der Waals surface area (Å²) in [6.07, 6.45) is 3.81. The lowest BCUT2D eigenvalue weighted by molar-refractivity contribution is 0.102. The largest absolute Gasteiger partial charge is 0.493 e. The summed E-state index contributed by atoms with van der Waals surface area (Å²) in [7, 11) is 3.14. The van der Waals surface area contributed by atoms with Gasteiger partial charge >= 0.3 is 0 Å². The standard InChI is InChI=1S/C20H23IN2O3/c1-25-18-12-16(17(21)13-19(18)26-2)20(24)22-14-6-8-15(9-7-14)23-10-4-3-5-11-23/h6-9,12-13H,3-5,10-11H2,1-2H3,(H,22,24). The van der Waals surface area contributed by atoms with Crippen LogP contribution in [0.4, 0.5) is 11.4 Å². The molecule has 1 heterocycles. The molecule has 2 aromatic rings. The van der Waals surface area contributed by atoms with Crippen LogP contribution in [0.1, 0.15) is 29.6 Å². The van der Waals surface area contributed by atoms with Crippen molar-refractivity contribution >= 4 is 39.9 Å². The van der Waals surface area contributed by atoms with Gasteiger partial charge in [0.15, 0.2) is 11.5 Å². The second-order valence-corrected chi connectivity index (χ2v) is 7.40. The summed E-state index contributed by atoms with van der Waals surface area (Å²) < 4.78 is 11.4. The molecule has 0 atom stereocenters. The number of anilines is 2. The highest BCUT2D eigenvalue weighted by molar-refractivity contribution is 14.1. The summed E-state index contributed by atoms with van der Waals surface area (Å²) in [5.74, 6) is 0.985. The van der Waals surface area contributed by atoms with Gasteiger partial charge in [0, 0.05) is 28.0 Å². The lowest BCUT2D eigenvalue weighted by Gasteiger charge is -2.28. The van der Waals surface area contributed by atoms with Crippen LogP contribution in [-0.4, -0.2) is 33.2 Å². The third-order valence-corrected chi connectivity index (χ3v) is 5.46. The van der Waals surface area contributed by atoms with Crippen LogP contribution in [0.15, 0.2) is 36.4 Å². The minimum absolute atomic E-state index is 0.166. The van der Waals surface area contributed by atoms with E-state index < -0.39 is 0 Å². The van der Waals surface area contributed by atoms with Crippen LogP contribution in [0.5, 0.6) is 11.5 Å². The Kier molecular flexibility index (Phi) is 6.24. The number of piperidine rings is 1. The number of amides is 1. The molecule has 0 unspecified atom stereocenters. The monoisotopic (exact) mass is 466 g/mol. The maximum atomic E-state index is 12.7. The van der Waals surface area contributed by atoms with Crippen molar-refractivity contribution in [3.63, 3.8) is 0 Å². The summed E-state index contributed by atoms with van der Waals surface area (Å²) in [6, 6.07) is 11.6. The maximum absolute atomic E-state index is 12.7. The molecule has 5 nitrogen and oxygen atoms in total. The number of nitrogens with zero attached hydrogens (tertiary/aromatic N) is 1. The first-order valence-electron chi connectivity index (χ1n) is 8.70. The Bertz CT molecular complexity index is 771. The summed E-state index contributed by atoms with van der Waals surface area (Å²) in [5.41, 5.74) is 2.55. The van der Waals surface area contributed by atoms with Crippen molar-refractivity contribution in [2.24, 2.45) is 0 Å². The molecular weight excluding hydrogens is 443 g/mol. The van der Waals surface area contributed by atoms with E-state index in [0.29, 0.717) is 17.1 Å². The number of hydrogen-bond donors (Lipinski definition) is 1. The predicted molar refractivity (Wildman–Crippen MR) is 113 cm³/mol. The van der Waals surface area contributed by atoms with Crippen LogP contribution >= 0.6 is 22.6 Å². The van der Waals surface area contributed by atoms with Crippen molar-refractivity contribution < 1.29 is 14.3 Å². The van der Waals surface area contributed by atoms with E-state index in [1.54, 1.807) is 26.4 Å². The first kappa shape index (κ1) is 18.8. The number of ether oxygens (including phenoxy) is 2. The number of halogens is 1. The molecule has 6 heteroatoms. The number of carbonyl (C=O) groups is 1. The highest BCUT2D eigenvalue weighted by Crippen LogP contribution is 2.32. The molecule has 1 amide bonds. The van der Waals surface area contributed by atoms with Crippen molar-refractivity contribution in [1.82, 2.24) is 0 Å². The lowest BCUT2D eigenvalue weighted by atomic mass is 10.1. The molecule has 0 aliphatic carbocycles. The van der Waals surface area contributed by atoms with Crippen molar-refractivity contribution in [2.45, 2.75) is 19.3 Å². The molecule has 0 spiro atoms. The lowest BCUT2D eigenvalue weighted by Crippen LogP contribution is -2.29. The number of rotatable bonds is 5. The summed E-state index contributed by atoms with van der Waals surface area (Å²) >= 11 is 2.13. The molecule has 1 fully saturated rings. The third kappa shape index (κ3) is 4.23. The van der Waals surface area contributed by atoms with Gasteiger partial charge in [-0.25, -0.2) is 0 Å². The zero-order chi connectivity index (χ0) is 18.5. The quantitative estimate of drug-likeness (QED) is 0.658. The highest BCUT2D eigenvalue weighted by Gasteiger charge is 2.16. The van der Waals surface area contributed by atoms with Gasteiger partial charge in [0.1, 0.15) is 0 Å². The highest BCUT2D eigenvalue weighted by atomic mass is 127. The number of carbonyl (C=O) groups excluding carboxylic acids is 1. The van der Waals surface area contributed by atoms with Crippen molar-refractivity contribution in [2.75, 3.05) is 37.5 Å². The fourth-order valence-corrected chi connectivity index (χ4v) is 3.82. The Balaban J connectivity index is 1.73. The first-order valence-corrected chi connectivity index (χ1v) is 9.78. The fourth-order valence-electron chi connectivity index (χ4n) is 3.13. The normalized spacial score (nSPS) is 14.0. The molecule has 2 aromatic carbocycles. The number of hydrogen-bond acceptors (Lipinski definition) is 4. The second-order valence-electron chi connectivity index (χ2n) is 6.24. The molecule has 1 aliphatic heterocycles. The van der Waals surface area contributed by atoms with E-state index in [4.69, 9.17) is 9.47 Å². The Morgan fingerprint density at radius 2 is 1.62 bits per heavy atom. The van der Waals surface area contributed by atoms with Crippen molar-refractivity contribution in [1.29, 1.82) is 0 Å². The first-order chi connectivity index (χ1) is 12.6. The third-order valence-electron chi connectivity index (χ3n) is 4.56. The van der Waals surface area contributed by atoms with E-state index in [1.165, 1.54) is 24.9 Å². The molecule has 0 aromatic heterocycles. The van der Waals surface area contributed by atoms with E-state index in [9.17, 15) is 4.79 Å². The van der Waals surface area contributed by atoms with Crippen LogP contribution in [-0.2, 0) is 0 Å². The zero-order valence-corrected chi connectivity index (χ0v) is 17.2. The maximum Gasteiger partial charge on any atom is 0.256 e. The number of nitrogens with one attached hydrogen (secondary N) is 1. The van der Waals surface area contributed by atoms with Gasteiger partial charge in [-0.15, -0.1) is 0 Å². The second kappa shape index (κ2) is 8.62. The van der Waals surface area contributed by atoms with Crippen molar-refractivity contribution in [3.05, 3.63) is 45.5 Å². The zero-order valence-electron chi connectivity index (χ0n) is 15.0. The molecule has 138 valence electrons. The minimum atomic E-state index is -0.166. The molecular formula is C20H23IN2O3. The van der Waals surface area contributed by atoms with E-state index in [-0.39, 0.29) is 5.91 Å². The Hall–Kier alpha value is -1.96. The summed E-state index contributed by atoms with van der Waals surface area (Å²) in [4.78, 5) is 15.1. The predicted octanol–water partition coefficient (Wildman–Crippen LogP) is 4.55. The fraction of sp³-hybridized carbons (Fsp3) is 0.350. The van der Waals surface area contributed by atoms with Gasteiger partial charge < -0.3 is 19.7 Å². The number of benzene rings is 2. The van der Waals surface area contributed by atoms with Gasteiger partial charge in [-0.3, -0.25) is 4.79 Å². The van der Waals surface area contributed by atoms with Crippen LogP contribution in [0.25, 0.3) is 0 Å². The molecule has 3 rings (SSSR count). The Morgan fingerprint density at radius 3 is 2.23 bits per heavy atom. The van der Waals surface area contributed by atoms with Crippen LogP contribution < -0.4 is 19.7 Å². The molecule has 0 saturated carbocycles. The van der Waals surface area contributed by atoms with Crippen LogP contribution in [0.3, 0.4) is 0 Å². The van der Waals surface area contributed by atoms with Gasteiger partial charge in [-0.2, -0.15) is 0 Å².